The van der Waals surface area contributed by atoms with Crippen LogP contribution in [0.15, 0.2) is 12.1 Å². The molecule has 2 amide bonds. The van der Waals surface area contributed by atoms with E-state index in [0.717, 1.165) is 23.5 Å². The third-order valence-electron chi connectivity index (χ3n) is 3.53. The molecule has 1 atom stereocenters. The largest absolute Gasteiger partial charge is 0.344 e. The fourth-order valence-corrected chi connectivity index (χ4v) is 2.53. The third kappa shape index (κ3) is 2.98. The molecule has 0 aliphatic carbocycles. The molecule has 1 aromatic rings. The Labute approximate surface area is 119 Å². The SMILES string of the molecule is CCCC1NC(=O)CCN(c2ccc(C)nc2C)C1=O. The summed E-state index contributed by atoms with van der Waals surface area (Å²) in [6.07, 6.45) is 1.86. The van der Waals surface area contributed by atoms with E-state index < -0.39 is 6.04 Å². The quantitative estimate of drug-likeness (QED) is 0.913. The topological polar surface area (TPSA) is 62.3 Å². The second kappa shape index (κ2) is 6.03. The van der Waals surface area contributed by atoms with Crippen LogP contribution in [0.5, 0.6) is 0 Å². The highest BCUT2D eigenvalue weighted by molar-refractivity contribution is 6.01. The molecular formula is C15H21N3O2. The summed E-state index contributed by atoms with van der Waals surface area (Å²) in [6.45, 7) is 6.24. The summed E-state index contributed by atoms with van der Waals surface area (Å²) < 4.78 is 0. The lowest BCUT2D eigenvalue weighted by Crippen LogP contribution is -2.45. The van der Waals surface area contributed by atoms with Gasteiger partial charge in [-0.05, 0) is 32.4 Å². The molecule has 1 saturated heterocycles. The first-order chi connectivity index (χ1) is 9.52. The molecule has 0 saturated carbocycles. The number of amides is 2. The normalized spacial score (nSPS) is 19.8. The monoisotopic (exact) mass is 275 g/mol. The van der Waals surface area contributed by atoms with E-state index in [2.05, 4.69) is 10.3 Å². The molecule has 0 radical (unpaired) electrons. The summed E-state index contributed by atoms with van der Waals surface area (Å²) >= 11 is 0. The van der Waals surface area contributed by atoms with Gasteiger partial charge in [0.25, 0.3) is 0 Å². The second-order valence-corrected chi connectivity index (χ2v) is 5.21. The van der Waals surface area contributed by atoms with Crippen molar-refractivity contribution in [3.63, 3.8) is 0 Å². The Balaban J connectivity index is 2.33. The van der Waals surface area contributed by atoms with Gasteiger partial charge in [-0.3, -0.25) is 14.6 Å². The number of aryl methyl sites for hydroxylation is 2. The van der Waals surface area contributed by atoms with Crippen LogP contribution in [0.2, 0.25) is 0 Å². The van der Waals surface area contributed by atoms with Gasteiger partial charge in [-0.2, -0.15) is 0 Å². The Morgan fingerprint density at radius 2 is 2.10 bits per heavy atom. The standard InChI is InChI=1S/C15H21N3O2/c1-4-5-12-15(20)18(9-8-14(19)17-12)13-7-6-10(2)16-11(13)3/h6-7,12H,4-5,8-9H2,1-3H3,(H,17,19). The Hall–Kier alpha value is -1.91. The zero-order valence-corrected chi connectivity index (χ0v) is 12.3. The molecule has 108 valence electrons. The number of hydrogen-bond acceptors (Lipinski definition) is 3. The summed E-state index contributed by atoms with van der Waals surface area (Å²) in [4.78, 5) is 30.4. The van der Waals surface area contributed by atoms with Gasteiger partial charge >= 0.3 is 0 Å². The summed E-state index contributed by atoms with van der Waals surface area (Å²) in [5, 5.41) is 2.81. The van der Waals surface area contributed by atoms with Gasteiger partial charge in [-0.25, -0.2) is 0 Å². The van der Waals surface area contributed by atoms with Crippen LogP contribution in [0.25, 0.3) is 0 Å². The van der Waals surface area contributed by atoms with Crippen molar-refractivity contribution < 1.29 is 9.59 Å². The van der Waals surface area contributed by atoms with Crippen molar-refractivity contribution in [2.75, 3.05) is 11.4 Å². The second-order valence-electron chi connectivity index (χ2n) is 5.21. The molecule has 0 spiro atoms. The molecule has 1 unspecified atom stereocenters. The van der Waals surface area contributed by atoms with Crippen LogP contribution in [0.1, 0.15) is 37.6 Å². The van der Waals surface area contributed by atoms with E-state index in [4.69, 9.17) is 0 Å². The number of rotatable bonds is 3. The third-order valence-corrected chi connectivity index (χ3v) is 3.53. The Morgan fingerprint density at radius 1 is 1.35 bits per heavy atom. The summed E-state index contributed by atoms with van der Waals surface area (Å²) in [5.41, 5.74) is 2.55. The smallest absolute Gasteiger partial charge is 0.249 e. The molecule has 1 N–H and O–H groups in total. The molecule has 2 rings (SSSR count). The minimum atomic E-state index is -0.421. The van der Waals surface area contributed by atoms with E-state index in [1.165, 1.54) is 0 Å². The van der Waals surface area contributed by atoms with Gasteiger partial charge in [0.2, 0.25) is 11.8 Å². The molecule has 20 heavy (non-hydrogen) atoms. The molecule has 1 aromatic heterocycles. The molecule has 1 fully saturated rings. The molecule has 1 aliphatic heterocycles. The number of carbonyl (C=O) groups is 2. The lowest BCUT2D eigenvalue weighted by atomic mass is 10.1. The first-order valence-corrected chi connectivity index (χ1v) is 7.08. The summed E-state index contributed by atoms with van der Waals surface area (Å²) in [7, 11) is 0. The first kappa shape index (κ1) is 14.5. The molecule has 5 heteroatoms. The molecule has 5 nitrogen and oxygen atoms in total. The van der Waals surface area contributed by atoms with Crippen LogP contribution in [0.3, 0.4) is 0 Å². The van der Waals surface area contributed by atoms with Gasteiger partial charge in [-0.1, -0.05) is 13.3 Å². The average molecular weight is 275 g/mol. The van der Waals surface area contributed by atoms with Crippen LogP contribution in [-0.4, -0.2) is 29.4 Å². The highest BCUT2D eigenvalue weighted by Gasteiger charge is 2.30. The molecule has 0 aromatic carbocycles. The predicted molar refractivity (Wildman–Crippen MR) is 77.5 cm³/mol. The summed E-state index contributed by atoms with van der Waals surface area (Å²) in [5.74, 6) is -0.0940. The van der Waals surface area contributed by atoms with Crippen LogP contribution >= 0.6 is 0 Å². The minimum absolute atomic E-state index is 0.0357. The predicted octanol–water partition coefficient (Wildman–Crippen LogP) is 1.72. The fourth-order valence-electron chi connectivity index (χ4n) is 2.53. The van der Waals surface area contributed by atoms with Gasteiger partial charge in [0.1, 0.15) is 6.04 Å². The number of carbonyl (C=O) groups excluding carboxylic acids is 2. The van der Waals surface area contributed by atoms with Crippen molar-refractivity contribution >= 4 is 17.5 Å². The van der Waals surface area contributed by atoms with Gasteiger partial charge in [0.05, 0.1) is 11.4 Å². The molecule has 2 heterocycles. The minimum Gasteiger partial charge on any atom is -0.344 e. The maximum Gasteiger partial charge on any atom is 0.249 e. The van der Waals surface area contributed by atoms with E-state index in [0.29, 0.717) is 19.4 Å². The van der Waals surface area contributed by atoms with Gasteiger partial charge < -0.3 is 10.2 Å². The number of nitrogens with zero attached hydrogens (tertiary/aromatic N) is 2. The van der Waals surface area contributed by atoms with Gasteiger partial charge in [0, 0.05) is 18.7 Å². The summed E-state index contributed by atoms with van der Waals surface area (Å²) in [6, 6.07) is 3.38. The van der Waals surface area contributed by atoms with Crippen LogP contribution in [0, 0.1) is 13.8 Å². The van der Waals surface area contributed by atoms with Crippen molar-refractivity contribution in [1.82, 2.24) is 10.3 Å². The van der Waals surface area contributed by atoms with Crippen molar-refractivity contribution in [2.24, 2.45) is 0 Å². The zero-order valence-electron chi connectivity index (χ0n) is 12.3. The van der Waals surface area contributed by atoms with Crippen molar-refractivity contribution in [2.45, 2.75) is 46.1 Å². The van der Waals surface area contributed by atoms with Gasteiger partial charge in [-0.15, -0.1) is 0 Å². The lowest BCUT2D eigenvalue weighted by Gasteiger charge is -2.25. The lowest BCUT2D eigenvalue weighted by molar-refractivity contribution is -0.125. The zero-order chi connectivity index (χ0) is 14.7. The van der Waals surface area contributed by atoms with E-state index in [1.54, 1.807) is 4.90 Å². The van der Waals surface area contributed by atoms with E-state index in [9.17, 15) is 9.59 Å². The number of hydrogen-bond donors (Lipinski definition) is 1. The van der Waals surface area contributed by atoms with Crippen LogP contribution in [-0.2, 0) is 9.59 Å². The number of pyridine rings is 1. The molecule has 1 aliphatic rings. The van der Waals surface area contributed by atoms with Crippen LogP contribution < -0.4 is 10.2 Å². The number of nitrogens with one attached hydrogen (secondary N) is 1. The average Bonchev–Trinajstić information content (AvgIpc) is 2.52. The van der Waals surface area contributed by atoms with Gasteiger partial charge in [0.15, 0.2) is 0 Å². The highest BCUT2D eigenvalue weighted by Crippen LogP contribution is 2.22. The number of anilines is 1. The molecular weight excluding hydrogens is 254 g/mol. The van der Waals surface area contributed by atoms with Crippen molar-refractivity contribution in [3.8, 4) is 0 Å². The number of aromatic nitrogens is 1. The Kier molecular flexibility index (Phi) is 4.37. The Morgan fingerprint density at radius 3 is 2.75 bits per heavy atom. The van der Waals surface area contributed by atoms with E-state index in [-0.39, 0.29) is 11.8 Å². The molecule has 0 bridgehead atoms. The fraction of sp³-hybridized carbons (Fsp3) is 0.533. The Bertz CT molecular complexity index is 528. The first-order valence-electron chi connectivity index (χ1n) is 7.08. The van der Waals surface area contributed by atoms with E-state index in [1.807, 2.05) is 32.9 Å². The highest BCUT2D eigenvalue weighted by atomic mass is 16.2. The van der Waals surface area contributed by atoms with E-state index >= 15 is 0 Å². The maximum absolute atomic E-state index is 12.6. The van der Waals surface area contributed by atoms with Crippen molar-refractivity contribution in [3.05, 3.63) is 23.5 Å². The van der Waals surface area contributed by atoms with Crippen molar-refractivity contribution in [1.29, 1.82) is 0 Å². The van der Waals surface area contributed by atoms with Crippen LogP contribution in [0.4, 0.5) is 5.69 Å². The maximum atomic E-state index is 12.6.